The summed E-state index contributed by atoms with van der Waals surface area (Å²) >= 11 is 0. The number of carbonyl (C=O) groups is 3. The first-order chi connectivity index (χ1) is 9.36. The molecule has 0 aromatic carbocycles. The fourth-order valence-corrected chi connectivity index (χ4v) is 1.41. The van der Waals surface area contributed by atoms with Crippen molar-refractivity contribution in [2.24, 2.45) is 5.92 Å². The van der Waals surface area contributed by atoms with Gasteiger partial charge in [-0.05, 0) is 5.92 Å². The van der Waals surface area contributed by atoms with Crippen LogP contribution in [0.25, 0.3) is 0 Å². The van der Waals surface area contributed by atoms with Gasteiger partial charge in [-0.25, -0.2) is 4.79 Å². The molecule has 0 radical (unpaired) electrons. The first-order valence-electron chi connectivity index (χ1n) is 6.25. The average molecular weight is 284 g/mol. The van der Waals surface area contributed by atoms with E-state index in [0.29, 0.717) is 6.54 Å². The molecule has 0 saturated heterocycles. The van der Waals surface area contributed by atoms with E-state index in [1.807, 2.05) is 19.9 Å². The van der Waals surface area contributed by atoms with E-state index in [9.17, 15) is 14.4 Å². The van der Waals surface area contributed by atoms with E-state index in [0.717, 1.165) is 0 Å². The van der Waals surface area contributed by atoms with Gasteiger partial charge in [0.2, 0.25) is 5.91 Å². The maximum Gasteiger partial charge on any atom is 0.322 e. The molecule has 0 spiro atoms. The Balaban J connectivity index is 4.21. The molecular weight excluding hydrogens is 264 g/mol. The van der Waals surface area contributed by atoms with Gasteiger partial charge in [0.1, 0.15) is 6.54 Å². The minimum Gasteiger partial charge on any atom is -0.480 e. The molecule has 3 N–H and O–H groups in total. The minimum absolute atomic E-state index is 0.214. The number of amides is 3. The first-order valence-corrected chi connectivity index (χ1v) is 6.25. The zero-order chi connectivity index (χ0) is 15.5. The molecule has 20 heavy (non-hydrogen) atoms. The Bertz CT molecular complexity index is 389. The summed E-state index contributed by atoms with van der Waals surface area (Å²) in [5, 5.41) is 21.5. The maximum absolute atomic E-state index is 11.8. The molecule has 0 saturated carbocycles. The molecule has 0 rings (SSSR count). The molecule has 0 aromatic heterocycles. The molecular formula is C12H20N4O4. The van der Waals surface area contributed by atoms with Crippen LogP contribution in [0, 0.1) is 17.2 Å². The van der Waals surface area contributed by atoms with Gasteiger partial charge in [-0.2, -0.15) is 5.26 Å². The molecule has 0 aromatic rings. The van der Waals surface area contributed by atoms with Crippen molar-refractivity contribution in [3.05, 3.63) is 0 Å². The van der Waals surface area contributed by atoms with Gasteiger partial charge < -0.3 is 20.6 Å². The maximum atomic E-state index is 11.8. The van der Waals surface area contributed by atoms with Gasteiger partial charge in [0.15, 0.2) is 0 Å². The second-order valence-corrected chi connectivity index (χ2v) is 4.58. The van der Waals surface area contributed by atoms with E-state index in [2.05, 4.69) is 10.6 Å². The van der Waals surface area contributed by atoms with Crippen LogP contribution in [0.4, 0.5) is 4.79 Å². The molecule has 0 aliphatic heterocycles. The number of hydrogen-bond acceptors (Lipinski definition) is 4. The molecule has 8 heteroatoms. The quantitative estimate of drug-likeness (QED) is 0.568. The second kappa shape index (κ2) is 9.61. The number of carboxylic acid groups (broad SMARTS) is 1. The van der Waals surface area contributed by atoms with E-state index in [4.69, 9.17) is 10.4 Å². The zero-order valence-corrected chi connectivity index (χ0v) is 11.7. The second-order valence-electron chi connectivity index (χ2n) is 4.58. The van der Waals surface area contributed by atoms with Crippen molar-refractivity contribution in [1.29, 1.82) is 5.26 Å². The third-order valence-electron chi connectivity index (χ3n) is 2.20. The van der Waals surface area contributed by atoms with Crippen LogP contribution in [0.1, 0.15) is 20.3 Å². The number of hydrogen-bond donors (Lipinski definition) is 3. The molecule has 0 unspecified atom stereocenters. The average Bonchev–Trinajstić information content (AvgIpc) is 2.37. The molecule has 0 heterocycles. The lowest BCUT2D eigenvalue weighted by atomic mass is 10.2. The van der Waals surface area contributed by atoms with Gasteiger partial charge in [0.25, 0.3) is 0 Å². The van der Waals surface area contributed by atoms with Crippen LogP contribution in [0.2, 0.25) is 0 Å². The number of urea groups is 1. The van der Waals surface area contributed by atoms with Crippen molar-refractivity contribution in [3.8, 4) is 6.07 Å². The van der Waals surface area contributed by atoms with E-state index < -0.39 is 24.5 Å². The van der Waals surface area contributed by atoms with Crippen LogP contribution in [-0.4, -0.2) is 54.1 Å². The highest BCUT2D eigenvalue weighted by atomic mass is 16.4. The Morgan fingerprint density at radius 3 is 2.40 bits per heavy atom. The van der Waals surface area contributed by atoms with Crippen LogP contribution in [-0.2, 0) is 9.59 Å². The third-order valence-corrected chi connectivity index (χ3v) is 2.20. The number of nitriles is 1. The van der Waals surface area contributed by atoms with Crippen LogP contribution in [0.5, 0.6) is 0 Å². The number of nitrogens with one attached hydrogen (secondary N) is 2. The molecule has 0 atom stereocenters. The normalized spacial score (nSPS) is 9.70. The molecule has 0 bridgehead atoms. The predicted octanol–water partition coefficient (Wildman–Crippen LogP) is -0.232. The van der Waals surface area contributed by atoms with Crippen molar-refractivity contribution >= 4 is 17.9 Å². The Hall–Kier alpha value is -2.30. The molecule has 8 nitrogen and oxygen atoms in total. The van der Waals surface area contributed by atoms with Crippen LogP contribution in [0.15, 0.2) is 0 Å². The third kappa shape index (κ3) is 8.74. The van der Waals surface area contributed by atoms with E-state index >= 15 is 0 Å². The van der Waals surface area contributed by atoms with Crippen LogP contribution < -0.4 is 10.6 Å². The summed E-state index contributed by atoms with van der Waals surface area (Å²) in [6.07, 6.45) is 0.214. The summed E-state index contributed by atoms with van der Waals surface area (Å²) in [7, 11) is 0. The summed E-state index contributed by atoms with van der Waals surface area (Å²) in [4.78, 5) is 34.8. The van der Waals surface area contributed by atoms with Crippen LogP contribution in [0.3, 0.4) is 0 Å². The largest absolute Gasteiger partial charge is 0.480 e. The topological polar surface area (TPSA) is 123 Å². The van der Waals surface area contributed by atoms with Gasteiger partial charge in [-0.15, -0.1) is 0 Å². The SMILES string of the molecule is CC(C)CN(CCC#N)C(=O)NCC(=O)NCC(=O)O. The van der Waals surface area contributed by atoms with Gasteiger partial charge in [-0.1, -0.05) is 13.8 Å². The van der Waals surface area contributed by atoms with E-state index in [-0.39, 0.29) is 25.4 Å². The van der Waals surface area contributed by atoms with Crippen LogP contribution >= 0.6 is 0 Å². The number of rotatable bonds is 8. The van der Waals surface area contributed by atoms with Gasteiger partial charge in [0, 0.05) is 13.1 Å². The molecule has 0 fully saturated rings. The smallest absolute Gasteiger partial charge is 0.322 e. The van der Waals surface area contributed by atoms with Gasteiger partial charge >= 0.3 is 12.0 Å². The predicted molar refractivity (Wildman–Crippen MR) is 70.7 cm³/mol. The standard InChI is InChI=1S/C12H20N4O4/c1-9(2)8-16(5-3-4-13)12(20)15-6-10(17)14-7-11(18)19/h9H,3,5-8H2,1-2H3,(H,14,17)(H,15,20)(H,18,19). The molecule has 112 valence electrons. The van der Waals surface area contributed by atoms with Crippen molar-refractivity contribution in [3.63, 3.8) is 0 Å². The van der Waals surface area contributed by atoms with Gasteiger partial charge in [0.05, 0.1) is 19.0 Å². The number of aliphatic carboxylic acids is 1. The number of nitrogens with zero attached hydrogens (tertiary/aromatic N) is 2. The molecule has 3 amide bonds. The fourth-order valence-electron chi connectivity index (χ4n) is 1.41. The van der Waals surface area contributed by atoms with E-state index in [1.165, 1.54) is 4.90 Å². The van der Waals surface area contributed by atoms with E-state index in [1.54, 1.807) is 0 Å². The summed E-state index contributed by atoms with van der Waals surface area (Å²) in [6.45, 7) is 3.85. The zero-order valence-electron chi connectivity index (χ0n) is 11.7. The highest BCUT2D eigenvalue weighted by molar-refractivity contribution is 5.86. The Labute approximate surface area is 117 Å². The monoisotopic (exact) mass is 284 g/mol. The molecule has 0 aliphatic rings. The summed E-state index contributed by atoms with van der Waals surface area (Å²) in [5.41, 5.74) is 0. The van der Waals surface area contributed by atoms with Crippen molar-refractivity contribution < 1.29 is 19.5 Å². The number of carboxylic acids is 1. The number of carbonyl (C=O) groups excluding carboxylic acids is 2. The van der Waals surface area contributed by atoms with Gasteiger partial charge in [-0.3, -0.25) is 9.59 Å². The van der Waals surface area contributed by atoms with Crippen molar-refractivity contribution in [1.82, 2.24) is 15.5 Å². The van der Waals surface area contributed by atoms with Crippen molar-refractivity contribution in [2.45, 2.75) is 20.3 Å². The Kier molecular flexibility index (Phi) is 8.50. The summed E-state index contributed by atoms with van der Waals surface area (Å²) in [5.74, 6) is -1.49. The van der Waals surface area contributed by atoms with Crippen molar-refractivity contribution in [2.75, 3.05) is 26.2 Å². The Morgan fingerprint density at radius 2 is 1.90 bits per heavy atom. The lowest BCUT2D eigenvalue weighted by molar-refractivity contribution is -0.137. The lowest BCUT2D eigenvalue weighted by Gasteiger charge is -2.23. The fraction of sp³-hybridized carbons (Fsp3) is 0.667. The summed E-state index contributed by atoms with van der Waals surface area (Å²) in [6, 6.07) is 1.51. The lowest BCUT2D eigenvalue weighted by Crippen LogP contribution is -2.46. The summed E-state index contributed by atoms with van der Waals surface area (Å²) < 4.78 is 0. The highest BCUT2D eigenvalue weighted by Gasteiger charge is 2.15. The minimum atomic E-state index is -1.15. The highest BCUT2D eigenvalue weighted by Crippen LogP contribution is 2.00. The first kappa shape index (κ1) is 17.7. The Morgan fingerprint density at radius 1 is 1.25 bits per heavy atom. The molecule has 0 aliphatic carbocycles.